The van der Waals surface area contributed by atoms with E-state index in [1.165, 1.54) is 24.3 Å². The van der Waals surface area contributed by atoms with Crippen molar-refractivity contribution in [1.82, 2.24) is 0 Å². The minimum atomic E-state index is -0.493. The highest BCUT2D eigenvalue weighted by molar-refractivity contribution is 14.1. The number of carbonyl (C=O) groups is 1. The minimum Gasteiger partial charge on any atom is -0.405 e. The quantitative estimate of drug-likeness (QED) is 0.344. The lowest BCUT2D eigenvalue weighted by Crippen LogP contribution is -2.08. The fourth-order valence-electron chi connectivity index (χ4n) is 1.05. The topological polar surface area (TPSA) is 38.7 Å². The molecule has 1 unspecified atom stereocenters. The van der Waals surface area contributed by atoms with Crippen LogP contribution in [0.3, 0.4) is 0 Å². The number of carbonyl (C=O) groups excluding carboxylic acids is 1. The van der Waals surface area contributed by atoms with Gasteiger partial charge in [0.2, 0.25) is 9.95 Å². The van der Waals surface area contributed by atoms with Crippen LogP contribution in [0.1, 0.15) is 5.56 Å². The number of benzene rings is 1. The summed E-state index contributed by atoms with van der Waals surface area (Å²) in [7, 11) is 0. The molecule has 0 spiro atoms. The molecule has 0 radical (unpaired) electrons. The zero-order valence-electron chi connectivity index (χ0n) is 6.91. The second-order valence-electron chi connectivity index (χ2n) is 2.70. The first-order valence-electron chi connectivity index (χ1n) is 3.86. The first-order chi connectivity index (χ1) is 6.66. The third kappa shape index (κ3) is 1.77. The molecule has 0 saturated carbocycles. The molecule has 14 heavy (non-hydrogen) atoms. The molecule has 1 aliphatic heterocycles. The maximum Gasteiger partial charge on any atom is 0.347 e. The van der Waals surface area contributed by atoms with Gasteiger partial charge in [0.05, 0.1) is 0 Å². The molecule has 1 aromatic rings. The van der Waals surface area contributed by atoms with E-state index in [4.69, 9.17) is 4.74 Å². The van der Waals surface area contributed by atoms with Crippen molar-refractivity contribution in [3.8, 4) is 0 Å². The van der Waals surface area contributed by atoms with E-state index in [0.717, 1.165) is 0 Å². The maximum absolute atomic E-state index is 12.6. The smallest absolute Gasteiger partial charge is 0.347 e. The van der Waals surface area contributed by atoms with Gasteiger partial charge in [-0.1, -0.05) is 0 Å². The Bertz CT molecular complexity index is 402. The highest BCUT2D eigenvalue weighted by Gasteiger charge is 2.26. The van der Waals surface area contributed by atoms with Gasteiger partial charge in [0, 0.05) is 5.56 Å². The number of hydrogen-bond acceptors (Lipinski definition) is 3. The van der Waals surface area contributed by atoms with Crippen molar-refractivity contribution in [3.63, 3.8) is 0 Å². The summed E-state index contributed by atoms with van der Waals surface area (Å²) in [6.45, 7) is 0. The number of cyclic esters (lactones) is 1. The Morgan fingerprint density at radius 3 is 2.50 bits per heavy atom. The van der Waals surface area contributed by atoms with Crippen molar-refractivity contribution in [2.45, 2.75) is 4.05 Å². The highest BCUT2D eigenvalue weighted by Crippen LogP contribution is 2.17. The van der Waals surface area contributed by atoms with Crippen LogP contribution < -0.4 is 0 Å². The minimum absolute atomic E-state index is 0.259. The summed E-state index contributed by atoms with van der Waals surface area (Å²) in [5.74, 6) is -0.455. The number of aliphatic imine (C=N–C) groups is 1. The Balaban J connectivity index is 2.29. The lowest BCUT2D eigenvalue weighted by atomic mass is 10.2. The number of alkyl halides is 1. The molecule has 3 nitrogen and oxygen atoms in total. The van der Waals surface area contributed by atoms with Crippen molar-refractivity contribution in [3.05, 3.63) is 35.6 Å². The molecular weight excluding hydrogens is 300 g/mol. The van der Waals surface area contributed by atoms with Gasteiger partial charge in [0.1, 0.15) is 5.82 Å². The van der Waals surface area contributed by atoms with Crippen molar-refractivity contribution in [2.24, 2.45) is 4.99 Å². The van der Waals surface area contributed by atoms with E-state index in [1.54, 1.807) is 0 Å². The Morgan fingerprint density at radius 1 is 1.36 bits per heavy atom. The molecule has 0 aliphatic carbocycles. The molecule has 0 amide bonds. The van der Waals surface area contributed by atoms with Gasteiger partial charge in [0.25, 0.3) is 0 Å². The third-order valence-electron chi connectivity index (χ3n) is 1.71. The van der Waals surface area contributed by atoms with Gasteiger partial charge in [-0.15, -0.1) is 0 Å². The zero-order valence-corrected chi connectivity index (χ0v) is 9.06. The number of esters is 1. The van der Waals surface area contributed by atoms with E-state index in [9.17, 15) is 9.18 Å². The van der Waals surface area contributed by atoms with Crippen LogP contribution >= 0.6 is 22.6 Å². The molecule has 1 aliphatic rings. The summed E-state index contributed by atoms with van der Waals surface area (Å²) in [6.07, 6.45) is 0. The molecule has 1 aromatic carbocycles. The lowest BCUT2D eigenvalue weighted by Gasteiger charge is -1.98. The van der Waals surface area contributed by atoms with Crippen LogP contribution in [0.15, 0.2) is 29.3 Å². The van der Waals surface area contributed by atoms with Crippen LogP contribution in [0.25, 0.3) is 0 Å². The van der Waals surface area contributed by atoms with E-state index in [1.807, 2.05) is 22.6 Å². The third-order valence-corrected chi connectivity index (χ3v) is 2.50. The average molecular weight is 305 g/mol. The highest BCUT2D eigenvalue weighted by atomic mass is 127. The van der Waals surface area contributed by atoms with Gasteiger partial charge in [0.15, 0.2) is 0 Å². The maximum atomic E-state index is 12.6. The lowest BCUT2D eigenvalue weighted by molar-refractivity contribution is -0.132. The monoisotopic (exact) mass is 305 g/mol. The number of ether oxygens (including phenoxy) is 1. The van der Waals surface area contributed by atoms with Gasteiger partial charge in [-0.3, -0.25) is 0 Å². The summed E-state index contributed by atoms with van der Waals surface area (Å²) in [5.41, 5.74) is 0.610. The second-order valence-corrected chi connectivity index (χ2v) is 3.88. The summed E-state index contributed by atoms with van der Waals surface area (Å²) in [6, 6.07) is 5.64. The largest absolute Gasteiger partial charge is 0.405 e. The molecule has 1 heterocycles. The number of nitrogens with zero attached hydrogens (tertiary/aromatic N) is 1. The SMILES string of the molecule is O=C1OC(c2ccc(F)cc2)=NC1I. The van der Waals surface area contributed by atoms with Crippen molar-refractivity contribution in [1.29, 1.82) is 0 Å². The van der Waals surface area contributed by atoms with Gasteiger partial charge in [-0.2, -0.15) is 0 Å². The van der Waals surface area contributed by atoms with Crippen LogP contribution in [0.5, 0.6) is 0 Å². The Morgan fingerprint density at radius 2 is 2.00 bits per heavy atom. The first kappa shape index (κ1) is 9.57. The fraction of sp³-hybridized carbons (Fsp3) is 0.111. The Labute approximate surface area is 93.1 Å². The van der Waals surface area contributed by atoms with Crippen molar-refractivity contribution >= 4 is 34.5 Å². The molecule has 0 fully saturated rings. The fourth-order valence-corrected chi connectivity index (χ4v) is 1.43. The number of rotatable bonds is 1. The predicted molar refractivity (Wildman–Crippen MR) is 56.8 cm³/mol. The van der Waals surface area contributed by atoms with E-state index < -0.39 is 4.05 Å². The van der Waals surface area contributed by atoms with Crippen LogP contribution in [0.4, 0.5) is 4.39 Å². The van der Waals surface area contributed by atoms with Gasteiger partial charge < -0.3 is 4.74 Å². The van der Waals surface area contributed by atoms with Crippen LogP contribution in [0.2, 0.25) is 0 Å². The summed E-state index contributed by atoms with van der Waals surface area (Å²) in [4.78, 5) is 15.0. The zero-order chi connectivity index (χ0) is 10.1. The first-order valence-corrected chi connectivity index (χ1v) is 5.11. The molecule has 2 rings (SSSR count). The van der Waals surface area contributed by atoms with Gasteiger partial charge in [-0.25, -0.2) is 14.2 Å². The van der Waals surface area contributed by atoms with Crippen molar-refractivity contribution < 1.29 is 13.9 Å². The van der Waals surface area contributed by atoms with Gasteiger partial charge >= 0.3 is 5.97 Å². The number of halogens is 2. The summed E-state index contributed by atoms with van der Waals surface area (Å²) in [5, 5.41) is 0. The van der Waals surface area contributed by atoms with E-state index >= 15 is 0 Å². The molecule has 0 bridgehead atoms. The standard InChI is InChI=1S/C9H5FINO2/c10-6-3-1-5(2-4-6)8-12-7(11)9(13)14-8/h1-4,7H. The predicted octanol–water partition coefficient (Wildman–Crippen LogP) is 1.89. The molecule has 0 aromatic heterocycles. The Hall–Kier alpha value is -0.980. The van der Waals surface area contributed by atoms with Crippen molar-refractivity contribution in [2.75, 3.05) is 0 Å². The molecule has 5 heteroatoms. The van der Waals surface area contributed by atoms with Gasteiger partial charge in [-0.05, 0) is 46.9 Å². The van der Waals surface area contributed by atoms with Crippen LogP contribution in [0, 0.1) is 5.82 Å². The number of hydrogen-bond donors (Lipinski definition) is 0. The summed E-state index contributed by atoms with van der Waals surface area (Å²) >= 11 is 1.87. The molecule has 1 atom stereocenters. The Kier molecular flexibility index (Phi) is 2.49. The second kappa shape index (κ2) is 3.64. The van der Waals surface area contributed by atoms with E-state index in [0.29, 0.717) is 5.56 Å². The molecule has 0 saturated heterocycles. The average Bonchev–Trinajstić information content (AvgIpc) is 2.48. The molecular formula is C9H5FINO2. The summed E-state index contributed by atoms with van der Waals surface area (Å²) < 4.78 is 17.0. The molecule has 0 N–H and O–H groups in total. The van der Waals surface area contributed by atoms with Crippen LogP contribution in [-0.2, 0) is 9.53 Å². The van der Waals surface area contributed by atoms with E-state index in [-0.39, 0.29) is 17.7 Å². The van der Waals surface area contributed by atoms with E-state index in [2.05, 4.69) is 4.99 Å². The van der Waals surface area contributed by atoms with Crippen LogP contribution in [-0.4, -0.2) is 15.9 Å². The normalized spacial score (nSPS) is 20.6. The molecule has 72 valence electrons.